The number of benzene rings is 1. The van der Waals surface area contributed by atoms with Gasteiger partial charge < -0.3 is 14.2 Å². The van der Waals surface area contributed by atoms with Gasteiger partial charge in [0.2, 0.25) is 4.96 Å². The van der Waals surface area contributed by atoms with Crippen LogP contribution in [0.15, 0.2) is 30.5 Å². The number of aromatic nitrogens is 3. The van der Waals surface area contributed by atoms with Gasteiger partial charge >= 0.3 is 5.97 Å². The molecule has 0 fully saturated rings. The molecule has 0 saturated carbocycles. The molecule has 0 bridgehead atoms. The third-order valence-corrected chi connectivity index (χ3v) is 4.82. The number of thiazole rings is 1. The highest BCUT2D eigenvalue weighted by Crippen LogP contribution is 2.33. The van der Waals surface area contributed by atoms with Crippen LogP contribution in [0, 0.1) is 6.92 Å². The second kappa shape index (κ2) is 6.94. The maximum atomic E-state index is 12.0. The van der Waals surface area contributed by atoms with E-state index >= 15 is 0 Å². The van der Waals surface area contributed by atoms with Crippen molar-refractivity contribution in [2.24, 2.45) is 0 Å². The van der Waals surface area contributed by atoms with Crippen molar-refractivity contribution in [1.82, 2.24) is 14.6 Å². The lowest BCUT2D eigenvalue weighted by Gasteiger charge is -2.05. The number of carbonyl (C=O) groups excluding carboxylic acids is 1. The van der Waals surface area contributed by atoms with Gasteiger partial charge in [0.1, 0.15) is 11.3 Å². The lowest BCUT2D eigenvalue weighted by atomic mass is 10.2. The van der Waals surface area contributed by atoms with E-state index in [-0.39, 0.29) is 0 Å². The topological polar surface area (TPSA) is 75.0 Å². The van der Waals surface area contributed by atoms with E-state index < -0.39 is 5.97 Å². The summed E-state index contributed by atoms with van der Waals surface area (Å²) in [7, 11) is 4.42. The zero-order valence-corrected chi connectivity index (χ0v) is 15.1. The van der Waals surface area contributed by atoms with Crippen molar-refractivity contribution < 1.29 is 19.0 Å². The Labute approximate surface area is 148 Å². The summed E-state index contributed by atoms with van der Waals surface area (Å²) in [5.74, 6) is 0.793. The van der Waals surface area contributed by atoms with E-state index in [1.54, 1.807) is 11.6 Å². The number of para-hydroxylation sites is 1. The molecule has 2 heterocycles. The van der Waals surface area contributed by atoms with E-state index in [1.165, 1.54) is 31.8 Å². The minimum atomic E-state index is -0.473. The first-order valence-electron chi connectivity index (χ1n) is 7.42. The van der Waals surface area contributed by atoms with Crippen molar-refractivity contribution in [3.05, 3.63) is 41.1 Å². The lowest BCUT2D eigenvalue weighted by molar-refractivity contribution is -0.133. The van der Waals surface area contributed by atoms with Gasteiger partial charge in [-0.3, -0.25) is 0 Å². The second-order valence-electron chi connectivity index (χ2n) is 5.11. The van der Waals surface area contributed by atoms with E-state index in [0.717, 1.165) is 11.3 Å². The van der Waals surface area contributed by atoms with E-state index in [9.17, 15) is 4.79 Å². The molecule has 0 spiro atoms. The Balaban J connectivity index is 2.10. The van der Waals surface area contributed by atoms with Crippen LogP contribution < -0.4 is 4.74 Å². The standard InChI is InChI=1S/C17H17N3O4S/c1-10-14(12(9-22-2)16(21)24-4)25-17-18-15(19-20(10)17)11-7-5-6-8-13(11)23-3/h5-9H,1-4H3/b12-9-. The number of ether oxygens (including phenoxy) is 3. The molecule has 0 aliphatic heterocycles. The molecule has 0 radical (unpaired) electrons. The summed E-state index contributed by atoms with van der Waals surface area (Å²) in [6.45, 7) is 1.87. The number of nitrogens with zero attached hydrogens (tertiary/aromatic N) is 3. The van der Waals surface area contributed by atoms with Crippen molar-refractivity contribution in [2.45, 2.75) is 6.92 Å². The van der Waals surface area contributed by atoms with Crippen LogP contribution >= 0.6 is 11.3 Å². The van der Waals surface area contributed by atoms with Crippen LogP contribution in [-0.2, 0) is 14.3 Å². The van der Waals surface area contributed by atoms with E-state index in [4.69, 9.17) is 14.2 Å². The van der Waals surface area contributed by atoms with Crippen molar-refractivity contribution in [3.63, 3.8) is 0 Å². The molecule has 3 rings (SSSR count). The van der Waals surface area contributed by atoms with Crippen LogP contribution in [0.3, 0.4) is 0 Å². The van der Waals surface area contributed by atoms with Gasteiger partial charge in [-0.15, -0.1) is 5.10 Å². The van der Waals surface area contributed by atoms with Crippen LogP contribution in [0.4, 0.5) is 0 Å². The maximum absolute atomic E-state index is 12.0. The lowest BCUT2D eigenvalue weighted by Crippen LogP contribution is -2.05. The smallest absolute Gasteiger partial charge is 0.342 e. The van der Waals surface area contributed by atoms with Gasteiger partial charge in [-0.25, -0.2) is 9.31 Å². The SMILES string of the molecule is CO/C=C(\C(=O)OC)c1sc2nc(-c3ccccc3OC)nn2c1C. The molecule has 0 amide bonds. The summed E-state index contributed by atoms with van der Waals surface area (Å²) in [4.78, 5) is 17.9. The van der Waals surface area contributed by atoms with Crippen molar-refractivity contribution in [2.75, 3.05) is 21.3 Å². The summed E-state index contributed by atoms with van der Waals surface area (Å²) >= 11 is 1.34. The van der Waals surface area contributed by atoms with Crippen LogP contribution in [0.5, 0.6) is 5.75 Å². The molecular weight excluding hydrogens is 342 g/mol. The van der Waals surface area contributed by atoms with E-state index in [2.05, 4.69) is 10.1 Å². The fourth-order valence-corrected chi connectivity index (χ4v) is 3.51. The van der Waals surface area contributed by atoms with Gasteiger partial charge in [0, 0.05) is 0 Å². The van der Waals surface area contributed by atoms with Crippen molar-refractivity contribution in [1.29, 1.82) is 0 Å². The summed E-state index contributed by atoms with van der Waals surface area (Å²) in [5, 5.41) is 4.56. The first-order chi connectivity index (χ1) is 12.1. The van der Waals surface area contributed by atoms with E-state index in [0.29, 0.717) is 27.0 Å². The molecule has 8 heteroatoms. The van der Waals surface area contributed by atoms with E-state index in [1.807, 2.05) is 31.2 Å². The van der Waals surface area contributed by atoms with Gasteiger partial charge in [-0.2, -0.15) is 4.98 Å². The van der Waals surface area contributed by atoms with Crippen LogP contribution in [-0.4, -0.2) is 41.9 Å². The molecule has 0 aliphatic carbocycles. The molecule has 3 aromatic rings. The highest BCUT2D eigenvalue weighted by Gasteiger charge is 2.22. The molecule has 25 heavy (non-hydrogen) atoms. The average molecular weight is 359 g/mol. The monoisotopic (exact) mass is 359 g/mol. The van der Waals surface area contributed by atoms with Gasteiger partial charge in [-0.1, -0.05) is 23.5 Å². The Kier molecular flexibility index (Phi) is 4.71. The highest BCUT2D eigenvalue weighted by molar-refractivity contribution is 7.18. The number of hydrogen-bond acceptors (Lipinski definition) is 7. The minimum absolute atomic E-state index is 0.332. The largest absolute Gasteiger partial charge is 0.503 e. The third-order valence-electron chi connectivity index (χ3n) is 3.65. The molecule has 0 saturated heterocycles. The Hall–Kier alpha value is -2.87. The zero-order valence-electron chi connectivity index (χ0n) is 14.3. The predicted molar refractivity (Wildman–Crippen MR) is 94.6 cm³/mol. The quantitative estimate of drug-likeness (QED) is 0.396. The Morgan fingerprint density at radius 3 is 2.64 bits per heavy atom. The third kappa shape index (κ3) is 2.96. The van der Waals surface area contributed by atoms with Crippen LogP contribution in [0.2, 0.25) is 0 Å². The summed E-state index contributed by atoms with van der Waals surface area (Å²) in [6.07, 6.45) is 1.37. The summed E-state index contributed by atoms with van der Waals surface area (Å²) in [6, 6.07) is 7.56. The zero-order chi connectivity index (χ0) is 18.0. The number of rotatable bonds is 5. The summed E-state index contributed by atoms with van der Waals surface area (Å²) < 4.78 is 16.9. The number of methoxy groups -OCH3 is 3. The molecule has 1 aromatic carbocycles. The summed E-state index contributed by atoms with van der Waals surface area (Å²) in [5.41, 5.74) is 1.92. The normalized spacial score (nSPS) is 11.6. The molecule has 0 aliphatic rings. The Morgan fingerprint density at radius 2 is 2.00 bits per heavy atom. The molecule has 7 nitrogen and oxygen atoms in total. The van der Waals surface area contributed by atoms with Crippen LogP contribution in [0.1, 0.15) is 10.6 Å². The Bertz CT molecular complexity index is 958. The first-order valence-corrected chi connectivity index (χ1v) is 8.23. The second-order valence-corrected chi connectivity index (χ2v) is 6.08. The van der Waals surface area contributed by atoms with Crippen LogP contribution in [0.25, 0.3) is 21.9 Å². The minimum Gasteiger partial charge on any atom is -0.503 e. The maximum Gasteiger partial charge on any atom is 0.342 e. The fourth-order valence-electron chi connectivity index (χ4n) is 2.46. The molecule has 0 atom stereocenters. The average Bonchev–Trinajstić information content (AvgIpc) is 3.18. The Morgan fingerprint density at radius 1 is 1.24 bits per heavy atom. The predicted octanol–water partition coefficient (Wildman–Crippen LogP) is 2.94. The molecule has 0 N–H and O–H groups in total. The number of esters is 1. The number of fused-ring (bicyclic) bond motifs is 1. The van der Waals surface area contributed by atoms with Gasteiger partial charge in [0.05, 0.1) is 43.7 Å². The first kappa shape index (κ1) is 17.0. The van der Waals surface area contributed by atoms with Gasteiger partial charge in [-0.05, 0) is 19.1 Å². The number of carbonyl (C=O) groups is 1. The molecular formula is C17H17N3O4S. The highest BCUT2D eigenvalue weighted by atomic mass is 32.1. The van der Waals surface area contributed by atoms with Crippen molar-refractivity contribution >= 4 is 27.8 Å². The number of hydrogen-bond donors (Lipinski definition) is 0. The molecule has 0 unspecified atom stereocenters. The van der Waals surface area contributed by atoms with Gasteiger partial charge in [0.15, 0.2) is 5.82 Å². The van der Waals surface area contributed by atoms with Gasteiger partial charge in [0.25, 0.3) is 0 Å². The molecule has 2 aromatic heterocycles. The molecule has 130 valence electrons. The van der Waals surface area contributed by atoms with Crippen molar-refractivity contribution in [3.8, 4) is 17.1 Å². The fraction of sp³-hybridized carbons (Fsp3) is 0.235. The number of aryl methyl sites for hydroxylation is 1.